The van der Waals surface area contributed by atoms with Crippen LogP contribution in [-0.2, 0) is 0 Å². The summed E-state index contributed by atoms with van der Waals surface area (Å²) in [6.07, 6.45) is 6.48. The van der Waals surface area contributed by atoms with E-state index in [2.05, 4.69) is 22.5 Å². The molecule has 0 saturated carbocycles. The first-order valence-electron chi connectivity index (χ1n) is 8.65. The second-order valence-electron chi connectivity index (χ2n) is 6.29. The number of aryl methyl sites for hydroxylation is 1. The van der Waals surface area contributed by atoms with E-state index in [1.807, 2.05) is 25.1 Å². The van der Waals surface area contributed by atoms with Gasteiger partial charge >= 0.3 is 0 Å². The Morgan fingerprint density at radius 3 is 2.96 bits per heavy atom. The summed E-state index contributed by atoms with van der Waals surface area (Å²) in [6, 6.07) is 6.68. The number of rotatable bonds is 6. The Labute approximate surface area is 150 Å². The molecule has 5 heteroatoms. The van der Waals surface area contributed by atoms with E-state index in [-0.39, 0.29) is 0 Å². The number of hydrogen-bond acceptors (Lipinski definition) is 2. The van der Waals surface area contributed by atoms with Crippen molar-refractivity contribution in [2.24, 2.45) is 0 Å². The third-order valence-electron chi connectivity index (χ3n) is 4.56. The average Bonchev–Trinajstić information content (AvgIpc) is 2.55. The summed E-state index contributed by atoms with van der Waals surface area (Å²) in [5, 5.41) is 7.90. The van der Waals surface area contributed by atoms with E-state index < -0.39 is 0 Å². The van der Waals surface area contributed by atoms with Gasteiger partial charge in [-0.05, 0) is 69.1 Å². The lowest BCUT2D eigenvalue weighted by Gasteiger charge is -2.35. The normalized spacial score (nSPS) is 18.7. The Morgan fingerprint density at radius 2 is 2.22 bits per heavy atom. The number of halogens is 1. The Kier molecular flexibility index (Phi) is 7.60. The van der Waals surface area contributed by atoms with Crippen LogP contribution >= 0.6 is 23.8 Å². The largest absolute Gasteiger partial charge is 0.362 e. The molecule has 1 aromatic rings. The third-order valence-corrected chi connectivity index (χ3v) is 5.21. The van der Waals surface area contributed by atoms with Gasteiger partial charge in [-0.25, -0.2) is 0 Å². The molecular formula is C18H28ClN3S. The van der Waals surface area contributed by atoms with Crippen LogP contribution in [0, 0.1) is 6.92 Å². The van der Waals surface area contributed by atoms with E-state index in [4.69, 9.17) is 23.8 Å². The predicted molar refractivity (Wildman–Crippen MR) is 105 cm³/mol. The summed E-state index contributed by atoms with van der Waals surface area (Å²) in [4.78, 5) is 2.64. The molecule has 1 saturated heterocycles. The fraction of sp³-hybridized carbons (Fsp3) is 0.611. The Morgan fingerprint density at radius 1 is 1.39 bits per heavy atom. The van der Waals surface area contributed by atoms with Crippen molar-refractivity contribution in [3.05, 3.63) is 28.8 Å². The Hall–Kier alpha value is -0.840. The lowest BCUT2D eigenvalue weighted by Crippen LogP contribution is -2.40. The summed E-state index contributed by atoms with van der Waals surface area (Å²) >= 11 is 11.5. The van der Waals surface area contributed by atoms with Crippen molar-refractivity contribution in [2.45, 2.75) is 52.0 Å². The number of anilines is 1. The molecule has 1 aliphatic heterocycles. The van der Waals surface area contributed by atoms with E-state index in [0.717, 1.165) is 41.8 Å². The number of likely N-dealkylation sites (tertiary alicyclic amines) is 1. The van der Waals surface area contributed by atoms with Gasteiger partial charge in [0.1, 0.15) is 0 Å². The minimum Gasteiger partial charge on any atom is -0.362 e. The highest BCUT2D eigenvalue weighted by Crippen LogP contribution is 2.20. The van der Waals surface area contributed by atoms with Crippen LogP contribution in [-0.4, -0.2) is 35.7 Å². The van der Waals surface area contributed by atoms with Gasteiger partial charge in [0.25, 0.3) is 0 Å². The Balaban J connectivity index is 1.67. The first-order valence-corrected chi connectivity index (χ1v) is 9.44. The number of nitrogens with one attached hydrogen (secondary N) is 2. The molecule has 1 aromatic carbocycles. The van der Waals surface area contributed by atoms with E-state index in [9.17, 15) is 0 Å². The van der Waals surface area contributed by atoms with Gasteiger partial charge in [-0.1, -0.05) is 31.0 Å². The lowest BCUT2D eigenvalue weighted by molar-refractivity contribution is 0.143. The molecule has 0 radical (unpaired) electrons. The van der Waals surface area contributed by atoms with Crippen LogP contribution in [0.5, 0.6) is 0 Å². The maximum Gasteiger partial charge on any atom is 0.170 e. The summed E-state index contributed by atoms with van der Waals surface area (Å²) in [7, 11) is 0. The fourth-order valence-electron chi connectivity index (χ4n) is 3.15. The topological polar surface area (TPSA) is 27.3 Å². The van der Waals surface area contributed by atoms with Gasteiger partial charge in [0.15, 0.2) is 5.11 Å². The summed E-state index contributed by atoms with van der Waals surface area (Å²) in [6.45, 7) is 7.60. The molecule has 1 atom stereocenters. The highest BCUT2D eigenvalue weighted by atomic mass is 35.5. The van der Waals surface area contributed by atoms with Gasteiger partial charge in [-0.15, -0.1) is 0 Å². The van der Waals surface area contributed by atoms with Crippen LogP contribution in [0.15, 0.2) is 18.2 Å². The summed E-state index contributed by atoms with van der Waals surface area (Å²) < 4.78 is 0. The number of nitrogens with zero attached hydrogens (tertiary/aromatic N) is 1. The number of piperidine rings is 1. The van der Waals surface area contributed by atoms with Crippen LogP contribution in [0.25, 0.3) is 0 Å². The Bertz CT molecular complexity index is 521. The van der Waals surface area contributed by atoms with Crippen LogP contribution in [0.2, 0.25) is 5.02 Å². The standard InChI is InChI=1S/C18H28ClN3S/c1-3-16-7-4-5-11-22(16)12-6-10-20-18(23)21-15-9-8-14(2)17(19)13-15/h8-9,13,16H,3-7,10-12H2,1-2H3,(H2,20,21,23)/t16-/m0/s1. The van der Waals surface area contributed by atoms with Crippen LogP contribution < -0.4 is 10.6 Å². The molecule has 128 valence electrons. The maximum atomic E-state index is 6.13. The first kappa shape index (κ1) is 18.5. The second-order valence-corrected chi connectivity index (χ2v) is 7.11. The molecule has 0 spiro atoms. The SMILES string of the molecule is CC[C@H]1CCCCN1CCCNC(=S)Nc1ccc(C)c(Cl)c1. The third kappa shape index (κ3) is 5.94. The molecular weight excluding hydrogens is 326 g/mol. The van der Waals surface area contributed by atoms with Crippen LogP contribution in [0.1, 0.15) is 44.6 Å². The van der Waals surface area contributed by atoms with Crippen molar-refractivity contribution in [1.82, 2.24) is 10.2 Å². The van der Waals surface area contributed by atoms with Gasteiger partial charge < -0.3 is 15.5 Å². The molecule has 0 amide bonds. The first-order chi connectivity index (χ1) is 11.1. The highest BCUT2D eigenvalue weighted by molar-refractivity contribution is 7.80. The molecule has 23 heavy (non-hydrogen) atoms. The van der Waals surface area contributed by atoms with E-state index >= 15 is 0 Å². The van der Waals surface area contributed by atoms with Gasteiger partial charge in [0, 0.05) is 29.8 Å². The molecule has 0 unspecified atom stereocenters. The van der Waals surface area contributed by atoms with Gasteiger partial charge in [-0.2, -0.15) is 0 Å². The quantitative estimate of drug-likeness (QED) is 0.577. The molecule has 3 nitrogen and oxygen atoms in total. The van der Waals surface area contributed by atoms with E-state index in [1.54, 1.807) is 0 Å². The molecule has 1 heterocycles. The molecule has 2 rings (SSSR count). The number of thiocarbonyl (C=S) groups is 1. The van der Waals surface area contributed by atoms with E-state index in [0.29, 0.717) is 5.11 Å². The second kappa shape index (κ2) is 9.45. The van der Waals surface area contributed by atoms with Crippen molar-refractivity contribution in [3.8, 4) is 0 Å². The lowest BCUT2D eigenvalue weighted by atomic mass is 10.00. The zero-order valence-corrected chi connectivity index (χ0v) is 15.8. The summed E-state index contributed by atoms with van der Waals surface area (Å²) in [5.74, 6) is 0. The van der Waals surface area contributed by atoms with Crippen molar-refractivity contribution in [1.29, 1.82) is 0 Å². The molecule has 2 N–H and O–H groups in total. The smallest absolute Gasteiger partial charge is 0.170 e. The van der Waals surface area contributed by atoms with Gasteiger partial charge in [0.2, 0.25) is 0 Å². The number of hydrogen-bond donors (Lipinski definition) is 2. The van der Waals surface area contributed by atoms with E-state index in [1.165, 1.54) is 32.2 Å². The van der Waals surface area contributed by atoms with Crippen molar-refractivity contribution in [3.63, 3.8) is 0 Å². The van der Waals surface area contributed by atoms with Gasteiger partial charge in [-0.3, -0.25) is 0 Å². The van der Waals surface area contributed by atoms with Crippen LogP contribution in [0.3, 0.4) is 0 Å². The van der Waals surface area contributed by atoms with Crippen LogP contribution in [0.4, 0.5) is 5.69 Å². The highest BCUT2D eigenvalue weighted by Gasteiger charge is 2.19. The zero-order chi connectivity index (χ0) is 16.7. The summed E-state index contributed by atoms with van der Waals surface area (Å²) in [5.41, 5.74) is 2.00. The van der Waals surface area contributed by atoms with Crippen molar-refractivity contribution >= 4 is 34.6 Å². The molecule has 0 aromatic heterocycles. The maximum absolute atomic E-state index is 6.13. The minimum atomic E-state index is 0.663. The molecule has 0 aliphatic carbocycles. The minimum absolute atomic E-state index is 0.663. The van der Waals surface area contributed by atoms with Gasteiger partial charge in [0.05, 0.1) is 0 Å². The predicted octanol–water partition coefficient (Wildman–Crippen LogP) is 4.59. The fourth-order valence-corrected chi connectivity index (χ4v) is 3.55. The number of benzene rings is 1. The molecule has 0 bridgehead atoms. The monoisotopic (exact) mass is 353 g/mol. The molecule has 1 fully saturated rings. The van der Waals surface area contributed by atoms with Crippen molar-refractivity contribution in [2.75, 3.05) is 25.0 Å². The molecule has 1 aliphatic rings. The average molecular weight is 354 g/mol. The van der Waals surface area contributed by atoms with Crippen molar-refractivity contribution < 1.29 is 0 Å². The zero-order valence-electron chi connectivity index (χ0n) is 14.2.